The summed E-state index contributed by atoms with van der Waals surface area (Å²) in [7, 11) is 3.24. The van der Waals surface area contributed by atoms with Crippen LogP contribution in [0.2, 0.25) is 0 Å². The van der Waals surface area contributed by atoms with E-state index >= 15 is 0 Å². The minimum Gasteiger partial charge on any atom is -0.493 e. The zero-order valence-electron chi connectivity index (χ0n) is 13.2. The topological polar surface area (TPSA) is 56.5 Å². The second kappa shape index (κ2) is 6.80. The molecule has 2 aromatic rings. The van der Waals surface area contributed by atoms with Gasteiger partial charge in [0.1, 0.15) is 5.82 Å². The molecule has 0 spiro atoms. The van der Waals surface area contributed by atoms with Crippen molar-refractivity contribution >= 4 is 11.0 Å². The monoisotopic (exact) mass is 292 g/mol. The molecule has 0 unspecified atom stereocenters. The first-order chi connectivity index (χ1) is 10.2. The summed E-state index contributed by atoms with van der Waals surface area (Å²) in [5.41, 5.74) is 1.85. The van der Waals surface area contributed by atoms with Crippen molar-refractivity contribution in [2.45, 2.75) is 39.2 Å². The molecule has 1 aromatic heterocycles. The zero-order valence-corrected chi connectivity index (χ0v) is 13.2. The third-order valence-electron chi connectivity index (χ3n) is 3.96. The highest BCUT2D eigenvalue weighted by atomic mass is 16.5. The molecule has 0 bridgehead atoms. The Labute approximate surface area is 125 Å². The van der Waals surface area contributed by atoms with Gasteiger partial charge in [-0.25, -0.2) is 4.98 Å². The van der Waals surface area contributed by atoms with E-state index in [0.29, 0.717) is 24.0 Å². The predicted octanol–water partition coefficient (Wildman–Crippen LogP) is 2.95. The Morgan fingerprint density at radius 2 is 1.76 bits per heavy atom. The van der Waals surface area contributed by atoms with Crippen molar-refractivity contribution in [1.29, 1.82) is 0 Å². The minimum absolute atomic E-state index is 0.0902. The fraction of sp³-hybridized carbons (Fsp3) is 0.562. The van der Waals surface area contributed by atoms with Crippen LogP contribution in [0.3, 0.4) is 0 Å². The summed E-state index contributed by atoms with van der Waals surface area (Å²) in [5.74, 6) is 2.77. The molecule has 1 aromatic carbocycles. The van der Waals surface area contributed by atoms with Crippen molar-refractivity contribution < 1.29 is 14.6 Å². The van der Waals surface area contributed by atoms with Crippen LogP contribution in [-0.4, -0.2) is 35.5 Å². The first-order valence-corrected chi connectivity index (χ1v) is 7.43. The number of ether oxygens (including phenoxy) is 2. The van der Waals surface area contributed by atoms with Crippen LogP contribution >= 0.6 is 0 Å². The van der Waals surface area contributed by atoms with Gasteiger partial charge < -0.3 is 19.1 Å². The van der Waals surface area contributed by atoms with Crippen LogP contribution in [0, 0.1) is 0 Å². The smallest absolute Gasteiger partial charge is 0.163 e. The number of benzene rings is 1. The van der Waals surface area contributed by atoms with E-state index < -0.39 is 0 Å². The summed E-state index contributed by atoms with van der Waals surface area (Å²) in [4.78, 5) is 4.77. The van der Waals surface area contributed by atoms with Gasteiger partial charge in [-0.15, -0.1) is 0 Å². The Bertz CT molecular complexity index is 603. The van der Waals surface area contributed by atoms with E-state index in [1.165, 1.54) is 0 Å². The van der Waals surface area contributed by atoms with Crippen LogP contribution in [0.1, 0.15) is 38.4 Å². The highest BCUT2D eigenvalue weighted by Gasteiger charge is 2.19. The number of hydrogen-bond acceptors (Lipinski definition) is 4. The number of fused-ring (bicyclic) bond motifs is 1. The van der Waals surface area contributed by atoms with Gasteiger partial charge in [-0.3, -0.25) is 0 Å². The maximum Gasteiger partial charge on any atom is 0.163 e. The van der Waals surface area contributed by atoms with E-state index in [4.69, 9.17) is 14.5 Å². The summed E-state index contributed by atoms with van der Waals surface area (Å²) in [5, 5.41) is 9.37. The molecule has 0 aliphatic heterocycles. The summed E-state index contributed by atoms with van der Waals surface area (Å²) < 4.78 is 12.8. The van der Waals surface area contributed by atoms with Gasteiger partial charge in [-0.2, -0.15) is 0 Å². The molecule has 5 nitrogen and oxygen atoms in total. The predicted molar refractivity (Wildman–Crippen MR) is 83.2 cm³/mol. The van der Waals surface area contributed by atoms with Crippen LogP contribution in [-0.2, 0) is 6.54 Å². The number of imidazole rings is 1. The fourth-order valence-electron chi connectivity index (χ4n) is 2.77. The average molecular weight is 292 g/mol. The highest BCUT2D eigenvalue weighted by molar-refractivity contribution is 5.80. The Balaban J connectivity index is 2.66. The van der Waals surface area contributed by atoms with Gasteiger partial charge in [-0.1, -0.05) is 13.8 Å². The van der Waals surface area contributed by atoms with Crippen LogP contribution in [0.25, 0.3) is 11.0 Å². The van der Waals surface area contributed by atoms with Crippen LogP contribution < -0.4 is 9.47 Å². The van der Waals surface area contributed by atoms with Gasteiger partial charge in [0.25, 0.3) is 0 Å². The number of hydrogen-bond donors (Lipinski definition) is 1. The molecule has 0 aliphatic carbocycles. The molecule has 0 fully saturated rings. The lowest BCUT2D eigenvalue weighted by atomic mass is 10.0. The van der Waals surface area contributed by atoms with Crippen molar-refractivity contribution in [1.82, 2.24) is 9.55 Å². The molecule has 5 heteroatoms. The van der Waals surface area contributed by atoms with Crippen molar-refractivity contribution in [3.63, 3.8) is 0 Å². The Hall–Kier alpha value is -1.75. The van der Waals surface area contributed by atoms with E-state index in [0.717, 1.165) is 29.7 Å². The first kappa shape index (κ1) is 15.6. The maximum absolute atomic E-state index is 9.37. The molecule has 116 valence electrons. The fourth-order valence-corrected chi connectivity index (χ4v) is 2.77. The second-order valence-electron chi connectivity index (χ2n) is 5.05. The molecule has 0 saturated heterocycles. The summed E-state index contributed by atoms with van der Waals surface area (Å²) in [6, 6.07) is 3.83. The maximum atomic E-state index is 9.37. The Morgan fingerprint density at radius 1 is 1.14 bits per heavy atom. The molecule has 0 amide bonds. The van der Waals surface area contributed by atoms with E-state index in [-0.39, 0.29) is 6.61 Å². The van der Waals surface area contributed by atoms with Crippen LogP contribution in [0.5, 0.6) is 11.5 Å². The minimum atomic E-state index is 0.0902. The van der Waals surface area contributed by atoms with Crippen molar-refractivity contribution in [2.75, 3.05) is 20.8 Å². The average Bonchev–Trinajstić information content (AvgIpc) is 2.85. The summed E-state index contributed by atoms with van der Waals surface area (Å²) >= 11 is 0. The molecule has 0 saturated carbocycles. The molecule has 0 aliphatic rings. The van der Waals surface area contributed by atoms with Crippen molar-refractivity contribution in [2.24, 2.45) is 0 Å². The van der Waals surface area contributed by atoms with Gasteiger partial charge in [0.05, 0.1) is 31.9 Å². The van der Waals surface area contributed by atoms with Crippen LogP contribution in [0.4, 0.5) is 0 Å². The Kier molecular flexibility index (Phi) is 5.07. The third kappa shape index (κ3) is 2.83. The second-order valence-corrected chi connectivity index (χ2v) is 5.05. The molecule has 1 N–H and O–H groups in total. The SMILES string of the molecule is CCC(CC)c1nc2cc(OC)c(OC)cc2n1CCO. The number of rotatable bonds is 7. The summed E-state index contributed by atoms with van der Waals surface area (Å²) in [6.45, 7) is 4.96. The van der Waals surface area contributed by atoms with E-state index in [1.54, 1.807) is 14.2 Å². The van der Waals surface area contributed by atoms with Gasteiger partial charge in [0.2, 0.25) is 0 Å². The lowest BCUT2D eigenvalue weighted by molar-refractivity contribution is 0.274. The Morgan fingerprint density at radius 3 is 2.29 bits per heavy atom. The highest BCUT2D eigenvalue weighted by Crippen LogP contribution is 2.34. The summed E-state index contributed by atoms with van der Waals surface area (Å²) in [6.07, 6.45) is 2.05. The zero-order chi connectivity index (χ0) is 15.4. The van der Waals surface area contributed by atoms with Gasteiger partial charge in [0, 0.05) is 24.6 Å². The number of methoxy groups -OCH3 is 2. The standard InChI is InChI=1S/C16H24N2O3/c1-5-11(6-2)16-17-12-9-14(20-3)15(21-4)10-13(12)18(16)7-8-19/h9-11,19H,5-8H2,1-4H3. The van der Waals surface area contributed by atoms with Gasteiger partial charge in [-0.05, 0) is 12.8 Å². The van der Waals surface area contributed by atoms with Crippen molar-refractivity contribution in [3.8, 4) is 11.5 Å². The van der Waals surface area contributed by atoms with E-state index in [9.17, 15) is 5.11 Å². The molecular weight excluding hydrogens is 268 g/mol. The van der Waals surface area contributed by atoms with Crippen LogP contribution in [0.15, 0.2) is 12.1 Å². The lowest BCUT2D eigenvalue weighted by Crippen LogP contribution is -2.10. The van der Waals surface area contributed by atoms with Crippen molar-refractivity contribution in [3.05, 3.63) is 18.0 Å². The third-order valence-corrected chi connectivity index (χ3v) is 3.96. The number of aromatic nitrogens is 2. The molecule has 0 atom stereocenters. The molecule has 21 heavy (non-hydrogen) atoms. The first-order valence-electron chi connectivity index (χ1n) is 7.43. The molecule has 2 rings (SSSR count). The normalized spacial score (nSPS) is 11.3. The van der Waals surface area contributed by atoms with Gasteiger partial charge in [0.15, 0.2) is 11.5 Å². The van der Waals surface area contributed by atoms with Gasteiger partial charge >= 0.3 is 0 Å². The number of aliphatic hydroxyl groups is 1. The molecular formula is C16H24N2O3. The van der Waals surface area contributed by atoms with E-state index in [2.05, 4.69) is 18.4 Å². The largest absolute Gasteiger partial charge is 0.493 e. The molecule has 1 heterocycles. The quantitative estimate of drug-likeness (QED) is 0.852. The number of aliphatic hydroxyl groups excluding tert-OH is 1. The lowest BCUT2D eigenvalue weighted by Gasteiger charge is -2.15. The van der Waals surface area contributed by atoms with E-state index in [1.807, 2.05) is 12.1 Å². The molecule has 0 radical (unpaired) electrons. The number of nitrogens with zero attached hydrogens (tertiary/aromatic N) is 2.